The molecular weight excluding hydrogens is 333 g/mol. The lowest BCUT2D eigenvalue weighted by Crippen LogP contribution is -2.12. The lowest BCUT2D eigenvalue weighted by atomic mass is 10.2. The van der Waals surface area contributed by atoms with E-state index in [2.05, 4.69) is 0 Å². The topological polar surface area (TPSA) is 35.5 Å². The summed E-state index contributed by atoms with van der Waals surface area (Å²) in [6.45, 7) is 1.51. The van der Waals surface area contributed by atoms with Gasteiger partial charge in [-0.1, -0.05) is 11.6 Å². The molecule has 121 valence electrons. The van der Waals surface area contributed by atoms with E-state index in [1.807, 2.05) is 0 Å². The summed E-state index contributed by atoms with van der Waals surface area (Å²) < 4.78 is 49.4. The second-order valence-corrected chi connectivity index (χ2v) is 5.03. The largest absolute Gasteiger partial charge is 0.482 e. The highest BCUT2D eigenvalue weighted by Crippen LogP contribution is 2.39. The van der Waals surface area contributed by atoms with Crippen LogP contribution in [0.1, 0.15) is 12.5 Å². The predicted molar refractivity (Wildman–Crippen MR) is 78.8 cm³/mol. The molecule has 0 bridgehead atoms. The highest BCUT2D eigenvalue weighted by Gasteiger charge is 2.34. The van der Waals surface area contributed by atoms with Gasteiger partial charge in [-0.3, -0.25) is 4.79 Å². The zero-order valence-corrected chi connectivity index (χ0v) is 12.6. The van der Waals surface area contributed by atoms with Crippen molar-refractivity contribution in [3.63, 3.8) is 0 Å². The Morgan fingerprint density at radius 2 is 1.70 bits per heavy atom. The van der Waals surface area contributed by atoms with Crippen LogP contribution >= 0.6 is 11.6 Å². The molecule has 0 fully saturated rings. The third-order valence-corrected chi connectivity index (χ3v) is 3.01. The minimum absolute atomic E-state index is 0.0347. The Morgan fingerprint density at radius 3 is 2.26 bits per heavy atom. The van der Waals surface area contributed by atoms with Crippen LogP contribution in [0, 0.1) is 0 Å². The monoisotopic (exact) mass is 343 g/mol. The van der Waals surface area contributed by atoms with E-state index < -0.39 is 17.8 Å². The van der Waals surface area contributed by atoms with E-state index in [-0.39, 0.29) is 16.5 Å². The molecule has 7 heteroatoms. The predicted octanol–water partition coefficient (Wildman–Crippen LogP) is 5.03. The molecule has 0 aromatic heterocycles. The fraction of sp³-hybridized carbons (Fsp3) is 0.188. The van der Waals surface area contributed by atoms with Gasteiger partial charge in [0.05, 0.1) is 5.56 Å². The first-order valence-electron chi connectivity index (χ1n) is 6.48. The number of ether oxygens (including phenoxy) is 2. The normalized spacial score (nSPS) is 12.6. The van der Waals surface area contributed by atoms with Crippen LogP contribution in [0.25, 0.3) is 0 Å². The maximum absolute atomic E-state index is 13.0. The highest BCUT2D eigenvalue weighted by atomic mass is 35.5. The first-order valence-corrected chi connectivity index (χ1v) is 6.86. The Morgan fingerprint density at radius 1 is 1.09 bits per heavy atom. The molecule has 0 aliphatic carbocycles. The lowest BCUT2D eigenvalue weighted by molar-refractivity contribution is -0.138. The lowest BCUT2D eigenvalue weighted by Gasteiger charge is -2.14. The van der Waals surface area contributed by atoms with Gasteiger partial charge in [-0.15, -0.1) is 0 Å². The molecule has 0 aliphatic rings. The summed E-state index contributed by atoms with van der Waals surface area (Å²) in [6, 6.07) is 9.09. The number of halogens is 4. The van der Waals surface area contributed by atoms with Crippen LogP contribution in [0.3, 0.4) is 0 Å². The quantitative estimate of drug-likeness (QED) is 0.764. The number of hydrogen-bond donors (Lipinski definition) is 0. The maximum Gasteiger partial charge on any atom is 0.420 e. The van der Waals surface area contributed by atoms with Crippen molar-refractivity contribution >= 4 is 17.9 Å². The molecule has 1 radical (unpaired) electrons. The molecule has 0 N–H and O–H groups in total. The van der Waals surface area contributed by atoms with Crippen LogP contribution in [0.4, 0.5) is 13.2 Å². The van der Waals surface area contributed by atoms with Gasteiger partial charge in [0.15, 0.2) is 6.10 Å². The van der Waals surface area contributed by atoms with Crippen LogP contribution < -0.4 is 9.47 Å². The van der Waals surface area contributed by atoms with Crippen molar-refractivity contribution in [1.29, 1.82) is 0 Å². The maximum atomic E-state index is 13.0. The van der Waals surface area contributed by atoms with Gasteiger partial charge in [-0.25, -0.2) is 0 Å². The van der Waals surface area contributed by atoms with Crippen LogP contribution in [-0.2, 0) is 11.0 Å². The average molecular weight is 344 g/mol. The molecule has 0 saturated heterocycles. The molecule has 0 aliphatic heterocycles. The molecule has 23 heavy (non-hydrogen) atoms. The summed E-state index contributed by atoms with van der Waals surface area (Å²) in [6.07, 6.45) is -3.67. The summed E-state index contributed by atoms with van der Waals surface area (Å²) in [5.74, 6) is 0.207. The van der Waals surface area contributed by atoms with Gasteiger partial charge in [-0.05, 0) is 49.4 Å². The summed E-state index contributed by atoms with van der Waals surface area (Å²) in [4.78, 5) is 10.4. The van der Waals surface area contributed by atoms with Gasteiger partial charge in [0.1, 0.15) is 17.2 Å². The Bertz CT molecular complexity index is 684. The second kappa shape index (κ2) is 6.91. The van der Waals surface area contributed by atoms with Crippen molar-refractivity contribution in [3.8, 4) is 17.2 Å². The third-order valence-electron chi connectivity index (χ3n) is 2.78. The standard InChI is InChI=1S/C16H11ClF3O3/c1-10(9-21)22-12-3-5-13(6-4-12)23-15-7-2-11(17)8-14(15)16(18,19)20/h2-8,10H,1H3. The van der Waals surface area contributed by atoms with E-state index in [1.54, 1.807) is 6.29 Å². The highest BCUT2D eigenvalue weighted by molar-refractivity contribution is 6.30. The van der Waals surface area contributed by atoms with Gasteiger partial charge < -0.3 is 9.47 Å². The van der Waals surface area contributed by atoms with Crippen LogP contribution in [0.15, 0.2) is 42.5 Å². The fourth-order valence-electron chi connectivity index (χ4n) is 1.75. The number of rotatable bonds is 5. The zero-order chi connectivity index (χ0) is 17.0. The zero-order valence-electron chi connectivity index (χ0n) is 11.9. The molecular formula is C16H11ClF3O3. The van der Waals surface area contributed by atoms with Crippen molar-refractivity contribution in [2.24, 2.45) is 0 Å². The minimum atomic E-state index is -4.58. The number of alkyl halides is 3. The Balaban J connectivity index is 2.21. The summed E-state index contributed by atoms with van der Waals surface area (Å²) in [5, 5.41) is -0.0347. The molecule has 3 nitrogen and oxygen atoms in total. The first kappa shape index (κ1) is 17.1. The van der Waals surface area contributed by atoms with E-state index >= 15 is 0 Å². The molecule has 0 heterocycles. The van der Waals surface area contributed by atoms with Crippen molar-refractivity contribution in [1.82, 2.24) is 0 Å². The molecule has 1 atom stereocenters. The first-order chi connectivity index (χ1) is 10.8. The molecule has 0 amide bonds. The molecule has 0 spiro atoms. The fourth-order valence-corrected chi connectivity index (χ4v) is 1.93. The third kappa shape index (κ3) is 4.63. The van der Waals surface area contributed by atoms with Crippen LogP contribution in [0.5, 0.6) is 17.2 Å². The van der Waals surface area contributed by atoms with Crippen molar-refractivity contribution in [3.05, 3.63) is 53.1 Å². The van der Waals surface area contributed by atoms with Crippen molar-refractivity contribution in [2.75, 3.05) is 0 Å². The Kier molecular flexibility index (Phi) is 5.15. The van der Waals surface area contributed by atoms with E-state index in [4.69, 9.17) is 21.1 Å². The Labute approximate surface area is 135 Å². The average Bonchev–Trinajstić information content (AvgIpc) is 2.50. The van der Waals surface area contributed by atoms with Gasteiger partial charge >= 0.3 is 6.18 Å². The smallest absolute Gasteiger partial charge is 0.420 e. The minimum Gasteiger partial charge on any atom is -0.482 e. The van der Waals surface area contributed by atoms with Gasteiger partial charge in [0, 0.05) is 5.02 Å². The summed E-state index contributed by atoms with van der Waals surface area (Å²) in [7, 11) is 0. The second-order valence-electron chi connectivity index (χ2n) is 4.59. The molecule has 2 rings (SSSR count). The molecule has 0 saturated carbocycles. The van der Waals surface area contributed by atoms with E-state index in [1.165, 1.54) is 37.3 Å². The van der Waals surface area contributed by atoms with Crippen LogP contribution in [-0.4, -0.2) is 12.4 Å². The van der Waals surface area contributed by atoms with Gasteiger partial charge in [0.2, 0.25) is 6.29 Å². The SMILES string of the molecule is CC([C]=O)Oc1ccc(Oc2ccc(Cl)cc2C(F)(F)F)cc1. The summed E-state index contributed by atoms with van der Waals surface area (Å²) in [5.41, 5.74) is -0.963. The van der Waals surface area contributed by atoms with Crippen molar-refractivity contribution in [2.45, 2.75) is 19.2 Å². The van der Waals surface area contributed by atoms with E-state index in [0.29, 0.717) is 5.75 Å². The van der Waals surface area contributed by atoms with Gasteiger partial charge in [0.25, 0.3) is 0 Å². The molecule has 1 unspecified atom stereocenters. The van der Waals surface area contributed by atoms with Crippen molar-refractivity contribution < 1.29 is 27.4 Å². The summed E-state index contributed by atoms with van der Waals surface area (Å²) >= 11 is 5.61. The van der Waals surface area contributed by atoms with E-state index in [0.717, 1.165) is 12.1 Å². The Hall–Kier alpha value is -2.21. The molecule has 2 aromatic rings. The van der Waals surface area contributed by atoms with Gasteiger partial charge in [-0.2, -0.15) is 13.2 Å². The molecule has 2 aromatic carbocycles. The van der Waals surface area contributed by atoms with Crippen LogP contribution in [0.2, 0.25) is 5.02 Å². The number of hydrogen-bond acceptors (Lipinski definition) is 3. The number of benzene rings is 2. The number of carbonyl (C=O) groups excluding carboxylic acids is 1. The van der Waals surface area contributed by atoms with E-state index in [9.17, 15) is 18.0 Å².